The molecule has 5 N–H and O–H groups in total. The molecule has 1 aliphatic heterocycles. The maximum atomic E-state index is 13.5. The molecule has 14 heteroatoms. The van der Waals surface area contributed by atoms with Gasteiger partial charge in [-0.1, -0.05) is 12.1 Å². The third kappa shape index (κ3) is 6.75. The molecule has 1 fully saturated rings. The third-order valence-electron chi connectivity index (χ3n) is 5.92. The van der Waals surface area contributed by atoms with Gasteiger partial charge in [0, 0.05) is 54.9 Å². The molecule has 0 saturated carbocycles. The Morgan fingerprint density at radius 2 is 1.84 bits per heavy atom. The fraction of sp³-hybridized carbons (Fsp3) is 0.292. The molecule has 2 aromatic carbocycles. The van der Waals surface area contributed by atoms with Crippen LogP contribution in [0.1, 0.15) is 0 Å². The van der Waals surface area contributed by atoms with Crippen molar-refractivity contribution in [3.63, 3.8) is 0 Å². The zero-order valence-corrected chi connectivity index (χ0v) is 24.2. The topological polar surface area (TPSA) is 179 Å². The number of benzene rings is 1. The van der Waals surface area contributed by atoms with Crippen LogP contribution in [-0.4, -0.2) is 78.0 Å². The number of aromatic nitrogens is 3. The van der Waals surface area contributed by atoms with Gasteiger partial charge >= 0.3 is 39.8 Å². The Morgan fingerprint density at radius 1 is 1.08 bits per heavy atom. The number of rotatable bonds is 6. The molecule has 0 aliphatic carbocycles. The molecule has 12 nitrogen and oxygen atoms in total. The smallest absolute Gasteiger partial charge is 0.412 e. The molecule has 198 valence electrons. The first-order valence-electron chi connectivity index (χ1n) is 11.1. The van der Waals surface area contributed by atoms with Crippen molar-refractivity contribution in [2.24, 2.45) is 7.05 Å². The molecule has 3 heterocycles. The summed E-state index contributed by atoms with van der Waals surface area (Å²) in [6.45, 7) is 1.43. The molecule has 0 radical (unpaired) electrons. The average Bonchev–Trinajstić information content (AvgIpc) is 3.23. The zero-order valence-electron chi connectivity index (χ0n) is 21.3. The minimum Gasteiger partial charge on any atom is -0.412 e. The zero-order chi connectivity index (χ0) is 24.6. The van der Waals surface area contributed by atoms with Crippen LogP contribution in [0.25, 0.3) is 32.8 Å². The predicted octanol–water partition coefficient (Wildman–Crippen LogP) is -2.49. The minimum absolute atomic E-state index is 0. The maximum absolute atomic E-state index is 13.5. The van der Waals surface area contributed by atoms with Gasteiger partial charge in [-0.25, -0.2) is 0 Å². The summed E-state index contributed by atoms with van der Waals surface area (Å²) in [5.74, 6) is 0. The van der Waals surface area contributed by atoms with E-state index in [-0.39, 0.29) is 64.3 Å². The average molecular weight is 555 g/mol. The van der Waals surface area contributed by atoms with Crippen LogP contribution in [0.15, 0.2) is 59.8 Å². The van der Waals surface area contributed by atoms with Crippen LogP contribution in [0.3, 0.4) is 0 Å². The van der Waals surface area contributed by atoms with Crippen molar-refractivity contribution in [1.29, 1.82) is 0 Å². The maximum Gasteiger partial charge on any atom is 1.00 e. The van der Waals surface area contributed by atoms with E-state index in [1.165, 1.54) is 11.4 Å². The van der Waals surface area contributed by atoms with E-state index < -0.39 is 10.2 Å². The van der Waals surface area contributed by atoms with Gasteiger partial charge in [0.25, 0.3) is 0 Å². The van der Waals surface area contributed by atoms with Crippen molar-refractivity contribution in [3.8, 4) is 11.1 Å². The second kappa shape index (κ2) is 13.1. The van der Waals surface area contributed by atoms with E-state index in [0.29, 0.717) is 41.5 Å². The van der Waals surface area contributed by atoms with E-state index in [4.69, 9.17) is 9.47 Å². The van der Waals surface area contributed by atoms with Crippen LogP contribution < -0.4 is 39.7 Å². The molecule has 5 rings (SSSR count). The SMILES string of the molecule is CN(C[C@@H]1COCCO1)S(=O)(=O)Nc1ccc2ccc3ncc(-c4cnn(C)c4)cc3c(=O)c2c1.O.O.[Na+]. The van der Waals surface area contributed by atoms with E-state index in [0.717, 1.165) is 11.1 Å². The van der Waals surface area contributed by atoms with Gasteiger partial charge in [-0.15, -0.1) is 0 Å². The van der Waals surface area contributed by atoms with Gasteiger partial charge < -0.3 is 20.4 Å². The number of ether oxygens (including phenoxy) is 2. The first kappa shape index (κ1) is 31.8. The van der Waals surface area contributed by atoms with Gasteiger partial charge in [-0.05, 0) is 29.7 Å². The normalized spacial score (nSPS) is 15.4. The summed E-state index contributed by atoms with van der Waals surface area (Å²) in [5, 5.41) is 5.69. The van der Waals surface area contributed by atoms with E-state index in [1.807, 2.05) is 13.2 Å². The summed E-state index contributed by atoms with van der Waals surface area (Å²) in [7, 11) is -0.578. The summed E-state index contributed by atoms with van der Waals surface area (Å²) >= 11 is 0. The second-order valence-corrected chi connectivity index (χ2v) is 10.3. The first-order chi connectivity index (χ1) is 16.8. The molecule has 0 amide bonds. The standard InChI is InChI=1S/C24H25N5O5S.Na.2H2O/c1-28-13-18(12-26-28)17-9-22-23(25-11-17)6-4-16-3-5-19(10-21(16)24(22)30)27-35(31,32)29(2)14-20-15-33-7-8-34-20;;;/h3-6,9-13,20,27H,7-8,14-15H2,1-2H3;;2*1H2/q;+1;;/t20-;;;/m1.../s1. The fourth-order valence-electron chi connectivity index (χ4n) is 4.05. The number of fused-ring (bicyclic) bond motifs is 2. The summed E-state index contributed by atoms with van der Waals surface area (Å²) in [4.78, 5) is 18.0. The van der Waals surface area contributed by atoms with E-state index in [2.05, 4.69) is 14.8 Å². The molecule has 1 saturated heterocycles. The number of hydrogen-bond donors (Lipinski definition) is 1. The van der Waals surface area contributed by atoms with Crippen molar-refractivity contribution < 1.29 is 58.4 Å². The van der Waals surface area contributed by atoms with Gasteiger partial charge in [-0.3, -0.25) is 19.2 Å². The quantitative estimate of drug-likeness (QED) is 0.256. The van der Waals surface area contributed by atoms with Gasteiger partial charge in [-0.2, -0.15) is 17.8 Å². The minimum atomic E-state index is -3.87. The van der Waals surface area contributed by atoms with E-state index in [9.17, 15) is 13.2 Å². The molecule has 1 aliphatic rings. The van der Waals surface area contributed by atoms with Crippen molar-refractivity contribution in [1.82, 2.24) is 19.1 Å². The van der Waals surface area contributed by atoms with Crippen LogP contribution >= 0.6 is 0 Å². The summed E-state index contributed by atoms with van der Waals surface area (Å²) in [6.07, 6.45) is 4.94. The largest absolute Gasteiger partial charge is 1.00 e. The molecule has 38 heavy (non-hydrogen) atoms. The third-order valence-corrected chi connectivity index (χ3v) is 7.39. The Labute approximate surface area is 241 Å². The molecule has 4 aromatic rings. The molecule has 0 spiro atoms. The van der Waals surface area contributed by atoms with E-state index in [1.54, 1.807) is 53.5 Å². The number of pyridine rings is 1. The van der Waals surface area contributed by atoms with Crippen molar-refractivity contribution in [3.05, 3.63) is 65.2 Å². The summed E-state index contributed by atoms with van der Waals surface area (Å²) in [6, 6.07) is 10.3. The second-order valence-electron chi connectivity index (χ2n) is 8.48. The Balaban J connectivity index is 0.00000169. The van der Waals surface area contributed by atoms with Crippen LogP contribution in [0.4, 0.5) is 5.69 Å². The molecule has 2 aromatic heterocycles. The fourth-order valence-corrected chi connectivity index (χ4v) is 4.99. The molecular weight excluding hydrogens is 525 g/mol. The van der Waals surface area contributed by atoms with Crippen LogP contribution in [0.2, 0.25) is 0 Å². The molecule has 0 bridgehead atoms. The number of nitrogens with zero attached hydrogens (tertiary/aromatic N) is 4. The molecular formula is C24H29N5NaO7S+. The van der Waals surface area contributed by atoms with Crippen molar-refractivity contribution in [2.45, 2.75) is 6.10 Å². The van der Waals surface area contributed by atoms with Crippen molar-refractivity contribution >= 4 is 37.6 Å². The number of hydrogen-bond acceptors (Lipinski definition) is 7. The molecule has 1 atom stereocenters. The predicted molar refractivity (Wildman–Crippen MR) is 141 cm³/mol. The summed E-state index contributed by atoms with van der Waals surface area (Å²) in [5.41, 5.74) is 2.23. The monoisotopic (exact) mass is 554 g/mol. The Morgan fingerprint density at radius 3 is 2.53 bits per heavy atom. The Hall–Kier alpha value is -2.46. The van der Waals surface area contributed by atoms with Crippen molar-refractivity contribution in [2.75, 3.05) is 38.1 Å². The van der Waals surface area contributed by atoms with Crippen LogP contribution in [0, 0.1) is 0 Å². The Bertz CT molecular complexity index is 1580. The number of aryl methyl sites for hydroxylation is 1. The van der Waals surface area contributed by atoms with Crippen LogP contribution in [-0.2, 0) is 26.7 Å². The first-order valence-corrected chi connectivity index (χ1v) is 12.5. The molecule has 0 unspecified atom stereocenters. The Kier molecular flexibility index (Phi) is 10.9. The van der Waals surface area contributed by atoms with E-state index >= 15 is 0 Å². The van der Waals surface area contributed by atoms with Gasteiger partial charge in [0.1, 0.15) is 0 Å². The number of likely N-dealkylation sites (N-methyl/N-ethyl adjacent to an activating group) is 1. The van der Waals surface area contributed by atoms with Gasteiger partial charge in [0.2, 0.25) is 0 Å². The number of anilines is 1. The van der Waals surface area contributed by atoms with Crippen LogP contribution in [0.5, 0.6) is 0 Å². The van der Waals surface area contributed by atoms with Gasteiger partial charge in [0.05, 0.1) is 43.3 Å². The number of nitrogens with one attached hydrogen (secondary N) is 1. The van der Waals surface area contributed by atoms with Gasteiger partial charge in [0.15, 0.2) is 5.43 Å². The summed E-state index contributed by atoms with van der Waals surface area (Å²) < 4.78 is 42.1.